The molecule has 0 heterocycles. The predicted octanol–water partition coefficient (Wildman–Crippen LogP) is 0.853. The highest BCUT2D eigenvalue weighted by Crippen LogP contribution is 2.30. The molecule has 2 heteroatoms. The van der Waals surface area contributed by atoms with Crippen molar-refractivity contribution in [2.24, 2.45) is 17.4 Å². The second kappa shape index (κ2) is 2.89. The predicted molar refractivity (Wildman–Crippen MR) is 43.6 cm³/mol. The maximum atomic E-state index is 6.08. The fraction of sp³-hybridized carbons (Fsp3) is 1.00. The first-order valence-corrected chi connectivity index (χ1v) is 4.18. The molecule has 1 aliphatic carbocycles. The topological polar surface area (TPSA) is 52.0 Å². The largest absolute Gasteiger partial charge is 0.329 e. The van der Waals surface area contributed by atoms with Crippen molar-refractivity contribution in [2.45, 2.75) is 38.1 Å². The highest BCUT2D eigenvalue weighted by atomic mass is 14.8. The summed E-state index contributed by atoms with van der Waals surface area (Å²) < 4.78 is 0. The molecule has 10 heavy (non-hydrogen) atoms. The Hall–Kier alpha value is -0.0800. The molecule has 1 fully saturated rings. The molecule has 0 aliphatic heterocycles. The molecule has 0 saturated heterocycles. The lowest BCUT2D eigenvalue weighted by Gasteiger charge is -2.38. The molecule has 2 nitrogen and oxygen atoms in total. The molecular weight excluding hydrogens is 124 g/mol. The van der Waals surface area contributed by atoms with Crippen molar-refractivity contribution >= 4 is 0 Å². The molecule has 0 radical (unpaired) electrons. The van der Waals surface area contributed by atoms with Crippen molar-refractivity contribution in [1.29, 1.82) is 0 Å². The van der Waals surface area contributed by atoms with Crippen LogP contribution < -0.4 is 11.5 Å². The van der Waals surface area contributed by atoms with Crippen LogP contribution in [0.5, 0.6) is 0 Å². The molecule has 1 aliphatic rings. The van der Waals surface area contributed by atoms with Crippen molar-refractivity contribution in [2.75, 3.05) is 6.54 Å². The van der Waals surface area contributed by atoms with E-state index in [2.05, 4.69) is 6.92 Å². The molecule has 0 bridgehead atoms. The van der Waals surface area contributed by atoms with Gasteiger partial charge in [0.1, 0.15) is 0 Å². The SMILES string of the molecule is C[C@@H]1CCCC[C@]1(N)CN. The average Bonchev–Trinajstić information content (AvgIpc) is 1.96. The van der Waals surface area contributed by atoms with Crippen molar-refractivity contribution in [3.8, 4) is 0 Å². The van der Waals surface area contributed by atoms with E-state index in [9.17, 15) is 0 Å². The van der Waals surface area contributed by atoms with E-state index in [-0.39, 0.29) is 5.54 Å². The van der Waals surface area contributed by atoms with Crippen LogP contribution in [0.3, 0.4) is 0 Å². The normalized spacial score (nSPS) is 41.7. The number of rotatable bonds is 1. The van der Waals surface area contributed by atoms with Crippen LogP contribution in [0.1, 0.15) is 32.6 Å². The molecule has 0 unspecified atom stereocenters. The summed E-state index contributed by atoms with van der Waals surface area (Å²) >= 11 is 0. The van der Waals surface area contributed by atoms with E-state index in [1.165, 1.54) is 19.3 Å². The van der Waals surface area contributed by atoms with Gasteiger partial charge in [0.05, 0.1) is 0 Å². The Labute approximate surface area is 63.0 Å². The van der Waals surface area contributed by atoms with Crippen LogP contribution in [0.4, 0.5) is 0 Å². The second-order valence-corrected chi connectivity index (χ2v) is 3.58. The van der Waals surface area contributed by atoms with Crippen LogP contribution in [0, 0.1) is 5.92 Å². The Morgan fingerprint density at radius 3 is 2.60 bits per heavy atom. The van der Waals surface area contributed by atoms with Gasteiger partial charge in [-0.15, -0.1) is 0 Å². The fourth-order valence-corrected chi connectivity index (χ4v) is 1.74. The monoisotopic (exact) mass is 142 g/mol. The zero-order valence-electron chi connectivity index (χ0n) is 6.77. The van der Waals surface area contributed by atoms with Crippen LogP contribution in [0.2, 0.25) is 0 Å². The molecular formula is C8H18N2. The summed E-state index contributed by atoms with van der Waals surface area (Å²) in [7, 11) is 0. The average molecular weight is 142 g/mol. The quantitative estimate of drug-likeness (QED) is 0.570. The summed E-state index contributed by atoms with van der Waals surface area (Å²) in [5.74, 6) is 0.617. The molecule has 0 aromatic heterocycles. The third kappa shape index (κ3) is 1.32. The van der Waals surface area contributed by atoms with Gasteiger partial charge in [0, 0.05) is 12.1 Å². The summed E-state index contributed by atoms with van der Waals surface area (Å²) in [4.78, 5) is 0. The summed E-state index contributed by atoms with van der Waals surface area (Å²) in [6.07, 6.45) is 4.97. The van der Waals surface area contributed by atoms with Gasteiger partial charge in [-0.3, -0.25) is 0 Å². The Kier molecular flexibility index (Phi) is 2.32. The van der Waals surface area contributed by atoms with E-state index < -0.39 is 0 Å². The zero-order valence-corrected chi connectivity index (χ0v) is 6.77. The molecule has 1 rings (SSSR count). The molecule has 0 aromatic rings. The lowest BCUT2D eigenvalue weighted by atomic mass is 9.74. The molecule has 0 amide bonds. The van der Waals surface area contributed by atoms with Crippen molar-refractivity contribution in [3.05, 3.63) is 0 Å². The van der Waals surface area contributed by atoms with Gasteiger partial charge in [0.25, 0.3) is 0 Å². The Bertz CT molecular complexity index is 114. The lowest BCUT2D eigenvalue weighted by molar-refractivity contribution is 0.212. The zero-order chi connectivity index (χ0) is 7.61. The number of nitrogens with two attached hydrogens (primary N) is 2. The van der Waals surface area contributed by atoms with Crippen LogP contribution in [-0.2, 0) is 0 Å². The minimum atomic E-state index is -0.0434. The van der Waals surface area contributed by atoms with Crippen molar-refractivity contribution in [3.63, 3.8) is 0 Å². The van der Waals surface area contributed by atoms with Gasteiger partial charge in [-0.25, -0.2) is 0 Å². The fourth-order valence-electron chi connectivity index (χ4n) is 1.74. The van der Waals surface area contributed by atoms with E-state index in [1.54, 1.807) is 0 Å². The van der Waals surface area contributed by atoms with Gasteiger partial charge in [-0.1, -0.05) is 19.8 Å². The van der Waals surface area contributed by atoms with Gasteiger partial charge in [0.15, 0.2) is 0 Å². The molecule has 60 valence electrons. The molecule has 0 aromatic carbocycles. The van der Waals surface area contributed by atoms with Gasteiger partial charge < -0.3 is 11.5 Å². The minimum Gasteiger partial charge on any atom is -0.329 e. The highest BCUT2D eigenvalue weighted by Gasteiger charge is 2.32. The summed E-state index contributed by atoms with van der Waals surface area (Å²) in [6.45, 7) is 2.86. The van der Waals surface area contributed by atoms with Gasteiger partial charge >= 0.3 is 0 Å². The third-order valence-electron chi connectivity index (χ3n) is 2.89. The van der Waals surface area contributed by atoms with Crippen LogP contribution >= 0.6 is 0 Å². The second-order valence-electron chi connectivity index (χ2n) is 3.58. The van der Waals surface area contributed by atoms with E-state index in [1.807, 2.05) is 0 Å². The minimum absolute atomic E-state index is 0.0434. The van der Waals surface area contributed by atoms with E-state index >= 15 is 0 Å². The van der Waals surface area contributed by atoms with Crippen molar-refractivity contribution in [1.82, 2.24) is 0 Å². The molecule has 4 N–H and O–H groups in total. The summed E-state index contributed by atoms with van der Waals surface area (Å²) in [5, 5.41) is 0. The Morgan fingerprint density at radius 1 is 1.50 bits per heavy atom. The first-order chi connectivity index (χ1) is 4.69. The lowest BCUT2D eigenvalue weighted by Crippen LogP contribution is -2.53. The van der Waals surface area contributed by atoms with Crippen LogP contribution in [0.25, 0.3) is 0 Å². The summed E-state index contributed by atoms with van der Waals surface area (Å²) in [6, 6.07) is 0. The van der Waals surface area contributed by atoms with Gasteiger partial charge in [0.2, 0.25) is 0 Å². The van der Waals surface area contributed by atoms with Gasteiger partial charge in [-0.2, -0.15) is 0 Å². The number of hydrogen-bond acceptors (Lipinski definition) is 2. The standard InChI is InChI=1S/C8H18N2/c1-7-4-2-3-5-8(7,10)6-9/h7H,2-6,9-10H2,1H3/t7-,8+/m1/s1. The van der Waals surface area contributed by atoms with E-state index in [4.69, 9.17) is 11.5 Å². The third-order valence-corrected chi connectivity index (χ3v) is 2.89. The van der Waals surface area contributed by atoms with E-state index in [0.29, 0.717) is 12.5 Å². The molecule has 1 saturated carbocycles. The smallest absolute Gasteiger partial charge is 0.0304 e. The van der Waals surface area contributed by atoms with Gasteiger partial charge in [-0.05, 0) is 18.8 Å². The maximum absolute atomic E-state index is 6.08. The van der Waals surface area contributed by atoms with Crippen LogP contribution in [0.15, 0.2) is 0 Å². The molecule has 2 atom stereocenters. The highest BCUT2D eigenvalue weighted by molar-refractivity contribution is 4.92. The first-order valence-electron chi connectivity index (χ1n) is 4.18. The first kappa shape index (κ1) is 8.02. The van der Waals surface area contributed by atoms with Crippen LogP contribution in [-0.4, -0.2) is 12.1 Å². The molecule has 0 spiro atoms. The van der Waals surface area contributed by atoms with E-state index in [0.717, 1.165) is 6.42 Å². The van der Waals surface area contributed by atoms with Crippen molar-refractivity contribution < 1.29 is 0 Å². The Morgan fingerprint density at radius 2 is 2.20 bits per heavy atom. The summed E-state index contributed by atoms with van der Waals surface area (Å²) in [5.41, 5.74) is 11.6. The maximum Gasteiger partial charge on any atom is 0.0304 e. The Balaban J connectivity index is 2.54. The number of hydrogen-bond donors (Lipinski definition) is 2.